The minimum atomic E-state index is -4.33. The smallest absolute Gasteiger partial charge is 0.339 e. The Morgan fingerprint density at radius 3 is 2.35 bits per heavy atom. The molecule has 0 saturated heterocycles. The zero-order chi connectivity index (χ0) is 16.4. The van der Waals surface area contributed by atoms with Crippen LogP contribution in [0.2, 0.25) is 0 Å². The van der Waals surface area contributed by atoms with Gasteiger partial charge in [-0.15, -0.1) is 0 Å². The Kier molecular flexibility index (Phi) is 3.82. The number of hydrogen-bond donors (Lipinski definition) is 2. The Morgan fingerprint density at radius 2 is 1.70 bits per heavy atom. The van der Waals surface area contributed by atoms with Gasteiger partial charge in [-0.05, 0) is 36.2 Å². The quantitative estimate of drug-likeness (QED) is 0.701. The number of benzene rings is 2. The van der Waals surface area contributed by atoms with Gasteiger partial charge >= 0.3 is 6.18 Å². The van der Waals surface area contributed by atoms with Crippen molar-refractivity contribution in [2.24, 2.45) is 0 Å². The van der Waals surface area contributed by atoms with Crippen molar-refractivity contribution in [3.8, 4) is 11.3 Å². The summed E-state index contributed by atoms with van der Waals surface area (Å²) in [6.07, 6.45) is -4.33. The number of H-pyrrole nitrogens is 1. The lowest BCUT2D eigenvalue weighted by Gasteiger charge is -2.06. The second-order valence-electron chi connectivity index (χ2n) is 5.18. The van der Waals surface area contributed by atoms with Gasteiger partial charge in [-0.3, -0.25) is 5.10 Å². The monoisotopic (exact) mass is 317 g/mol. The van der Waals surface area contributed by atoms with Gasteiger partial charge in [0.1, 0.15) is 0 Å². The molecule has 0 aliphatic heterocycles. The van der Waals surface area contributed by atoms with E-state index in [-0.39, 0.29) is 0 Å². The molecule has 118 valence electrons. The largest absolute Gasteiger partial charge is 0.416 e. The zero-order valence-corrected chi connectivity index (χ0v) is 12.3. The third-order valence-electron chi connectivity index (χ3n) is 3.51. The number of nitrogens with zero attached hydrogens (tertiary/aromatic N) is 1. The van der Waals surface area contributed by atoms with E-state index in [2.05, 4.69) is 15.5 Å². The molecule has 3 nitrogen and oxygen atoms in total. The first-order valence-corrected chi connectivity index (χ1v) is 6.99. The summed E-state index contributed by atoms with van der Waals surface area (Å²) < 4.78 is 37.7. The molecule has 23 heavy (non-hydrogen) atoms. The van der Waals surface area contributed by atoms with Crippen LogP contribution in [0.1, 0.15) is 11.1 Å². The molecule has 3 aromatic rings. The molecule has 2 aromatic carbocycles. The minimum absolute atomic E-state index is 0.606. The highest BCUT2D eigenvalue weighted by Gasteiger charge is 2.30. The molecule has 6 heteroatoms. The van der Waals surface area contributed by atoms with Gasteiger partial charge in [-0.2, -0.15) is 18.3 Å². The van der Waals surface area contributed by atoms with Crippen LogP contribution in [0.15, 0.2) is 54.6 Å². The summed E-state index contributed by atoms with van der Waals surface area (Å²) in [6, 6.07) is 14.5. The predicted octanol–water partition coefficient (Wildman–Crippen LogP) is 5.15. The second-order valence-corrected chi connectivity index (χ2v) is 5.18. The summed E-state index contributed by atoms with van der Waals surface area (Å²) >= 11 is 0. The molecule has 0 unspecified atom stereocenters. The van der Waals surface area contributed by atoms with E-state index in [4.69, 9.17) is 0 Å². The number of rotatable bonds is 3. The standard InChI is InChI=1S/C17H14F3N3/c1-11-4-2-3-5-14(11)21-16-10-15(22-23-16)12-6-8-13(9-7-12)17(18,19)20/h2-10H,1H3,(H2,21,22,23). The Labute approximate surface area is 131 Å². The van der Waals surface area contributed by atoms with E-state index in [0.29, 0.717) is 17.1 Å². The van der Waals surface area contributed by atoms with Gasteiger partial charge in [0.15, 0.2) is 5.82 Å². The molecule has 0 atom stereocenters. The lowest BCUT2D eigenvalue weighted by atomic mass is 10.1. The first kappa shape index (κ1) is 15.1. The highest BCUT2D eigenvalue weighted by Crippen LogP contribution is 2.31. The van der Waals surface area contributed by atoms with Crippen LogP contribution < -0.4 is 5.32 Å². The molecule has 2 N–H and O–H groups in total. The number of aromatic amines is 1. The van der Waals surface area contributed by atoms with E-state index in [1.165, 1.54) is 12.1 Å². The molecule has 0 aliphatic carbocycles. The van der Waals surface area contributed by atoms with Crippen LogP contribution in [0.3, 0.4) is 0 Å². The van der Waals surface area contributed by atoms with Gasteiger partial charge in [-0.25, -0.2) is 0 Å². The highest BCUT2D eigenvalue weighted by molar-refractivity contribution is 5.67. The van der Waals surface area contributed by atoms with Crippen molar-refractivity contribution in [2.45, 2.75) is 13.1 Å². The molecule has 0 amide bonds. The van der Waals surface area contributed by atoms with Crippen molar-refractivity contribution in [2.75, 3.05) is 5.32 Å². The fourth-order valence-electron chi connectivity index (χ4n) is 2.22. The number of aromatic nitrogens is 2. The third kappa shape index (κ3) is 3.36. The summed E-state index contributed by atoms with van der Waals surface area (Å²) in [7, 11) is 0. The molecule has 0 saturated carbocycles. The van der Waals surface area contributed by atoms with Crippen molar-refractivity contribution < 1.29 is 13.2 Å². The molecule has 0 radical (unpaired) electrons. The second kappa shape index (κ2) is 5.79. The average Bonchev–Trinajstić information content (AvgIpc) is 2.97. The molecule has 1 heterocycles. The van der Waals surface area contributed by atoms with Crippen LogP contribution >= 0.6 is 0 Å². The summed E-state index contributed by atoms with van der Waals surface area (Å²) in [5, 5.41) is 10.1. The minimum Gasteiger partial charge on any atom is -0.339 e. The van der Waals surface area contributed by atoms with Crippen molar-refractivity contribution in [3.05, 3.63) is 65.7 Å². The lowest BCUT2D eigenvalue weighted by Crippen LogP contribution is -2.03. The first-order valence-electron chi connectivity index (χ1n) is 6.99. The first-order chi connectivity index (χ1) is 10.9. The SMILES string of the molecule is Cc1ccccc1Nc1cc(-c2ccc(C(F)(F)F)cc2)[nH]n1. The van der Waals surface area contributed by atoms with Gasteiger partial charge in [0.05, 0.1) is 11.3 Å². The molecular formula is C17H14F3N3. The van der Waals surface area contributed by atoms with Crippen molar-refractivity contribution in [1.82, 2.24) is 10.2 Å². The van der Waals surface area contributed by atoms with Crippen molar-refractivity contribution in [3.63, 3.8) is 0 Å². The van der Waals surface area contributed by atoms with Crippen LogP contribution in [0.4, 0.5) is 24.7 Å². The van der Waals surface area contributed by atoms with Gasteiger partial charge in [0, 0.05) is 11.8 Å². The number of alkyl halides is 3. The van der Waals surface area contributed by atoms with E-state index in [1.807, 2.05) is 31.2 Å². The van der Waals surface area contributed by atoms with Crippen LogP contribution in [-0.2, 0) is 6.18 Å². The zero-order valence-electron chi connectivity index (χ0n) is 12.3. The highest BCUT2D eigenvalue weighted by atomic mass is 19.4. The van der Waals surface area contributed by atoms with Crippen molar-refractivity contribution in [1.29, 1.82) is 0 Å². The fraction of sp³-hybridized carbons (Fsp3) is 0.118. The summed E-state index contributed by atoms with van der Waals surface area (Å²) in [4.78, 5) is 0. The molecule has 1 aromatic heterocycles. The van der Waals surface area contributed by atoms with Gasteiger partial charge < -0.3 is 5.32 Å². The van der Waals surface area contributed by atoms with Crippen LogP contribution in [0.5, 0.6) is 0 Å². The number of hydrogen-bond acceptors (Lipinski definition) is 2. The van der Waals surface area contributed by atoms with Crippen molar-refractivity contribution >= 4 is 11.5 Å². The Morgan fingerprint density at radius 1 is 1.00 bits per heavy atom. The van der Waals surface area contributed by atoms with E-state index in [9.17, 15) is 13.2 Å². The molecule has 3 rings (SSSR count). The number of para-hydroxylation sites is 1. The maximum absolute atomic E-state index is 12.6. The maximum atomic E-state index is 12.6. The van der Waals surface area contributed by atoms with Crippen LogP contribution in [0.25, 0.3) is 11.3 Å². The van der Waals surface area contributed by atoms with E-state index in [0.717, 1.165) is 23.4 Å². The number of halogens is 3. The van der Waals surface area contributed by atoms with Gasteiger partial charge in [0.2, 0.25) is 0 Å². The normalized spacial score (nSPS) is 11.5. The average molecular weight is 317 g/mol. The lowest BCUT2D eigenvalue weighted by molar-refractivity contribution is -0.137. The number of nitrogens with one attached hydrogen (secondary N) is 2. The van der Waals surface area contributed by atoms with Crippen LogP contribution in [0, 0.1) is 6.92 Å². The topological polar surface area (TPSA) is 40.7 Å². The third-order valence-corrected chi connectivity index (χ3v) is 3.51. The van der Waals surface area contributed by atoms with Gasteiger partial charge in [0.25, 0.3) is 0 Å². The predicted molar refractivity (Wildman–Crippen MR) is 83.5 cm³/mol. The molecular weight excluding hydrogens is 303 g/mol. The number of anilines is 2. The Balaban J connectivity index is 1.81. The van der Waals surface area contributed by atoms with E-state index >= 15 is 0 Å². The molecule has 0 bridgehead atoms. The van der Waals surface area contributed by atoms with E-state index < -0.39 is 11.7 Å². The summed E-state index contributed by atoms with van der Waals surface area (Å²) in [5.74, 6) is 0.606. The molecule has 0 fully saturated rings. The summed E-state index contributed by atoms with van der Waals surface area (Å²) in [5.41, 5.74) is 2.63. The maximum Gasteiger partial charge on any atom is 0.416 e. The number of aryl methyl sites for hydroxylation is 1. The fourth-order valence-corrected chi connectivity index (χ4v) is 2.22. The molecule has 0 aliphatic rings. The molecule has 0 spiro atoms. The van der Waals surface area contributed by atoms with Crippen LogP contribution in [-0.4, -0.2) is 10.2 Å². The van der Waals surface area contributed by atoms with Gasteiger partial charge in [-0.1, -0.05) is 30.3 Å². The summed E-state index contributed by atoms with van der Waals surface area (Å²) in [6.45, 7) is 1.98. The van der Waals surface area contributed by atoms with E-state index in [1.54, 1.807) is 6.07 Å². The Bertz CT molecular complexity index is 804. The Hall–Kier alpha value is -2.76.